The highest BCUT2D eigenvalue weighted by atomic mass is 16.2. The molecule has 0 aromatic carbocycles. The number of aromatic nitrogens is 1. The van der Waals surface area contributed by atoms with E-state index in [1.54, 1.807) is 24.5 Å². The van der Waals surface area contributed by atoms with Gasteiger partial charge in [-0.2, -0.15) is 0 Å². The van der Waals surface area contributed by atoms with Crippen LogP contribution in [0.2, 0.25) is 0 Å². The van der Waals surface area contributed by atoms with Crippen LogP contribution in [-0.2, 0) is 0 Å². The maximum atomic E-state index is 12.2. The van der Waals surface area contributed by atoms with E-state index in [4.69, 9.17) is 0 Å². The summed E-state index contributed by atoms with van der Waals surface area (Å²) in [5.41, 5.74) is 0.745. The fraction of sp³-hybridized carbons (Fsp3) is 0.571. The predicted octanol–water partition coefficient (Wildman–Crippen LogP) is 1.54. The van der Waals surface area contributed by atoms with Crippen LogP contribution in [0.25, 0.3) is 0 Å². The molecule has 4 nitrogen and oxygen atoms in total. The average molecular weight is 247 g/mol. The lowest BCUT2D eigenvalue weighted by atomic mass is 9.96. The summed E-state index contributed by atoms with van der Waals surface area (Å²) in [5, 5.41) is 3.38. The van der Waals surface area contributed by atoms with E-state index >= 15 is 0 Å². The fourth-order valence-electron chi connectivity index (χ4n) is 2.37. The molecule has 1 aromatic rings. The monoisotopic (exact) mass is 247 g/mol. The van der Waals surface area contributed by atoms with E-state index in [1.165, 1.54) is 0 Å². The molecule has 1 saturated heterocycles. The largest absolute Gasteiger partial charge is 0.339 e. The summed E-state index contributed by atoms with van der Waals surface area (Å²) < 4.78 is 0. The maximum absolute atomic E-state index is 12.2. The van der Waals surface area contributed by atoms with Gasteiger partial charge in [-0.25, -0.2) is 0 Å². The standard InChI is InChI=1S/C14H21N3O/c1-2-15-11-12-5-9-17(10-6-12)14(18)13-3-7-16-8-4-13/h3-4,7-8,12,15H,2,5-6,9-11H2,1H3. The summed E-state index contributed by atoms with van der Waals surface area (Å²) in [6.45, 7) is 5.97. The number of likely N-dealkylation sites (tertiary alicyclic amines) is 1. The lowest BCUT2D eigenvalue weighted by Gasteiger charge is -2.32. The Morgan fingerprint density at radius 1 is 1.39 bits per heavy atom. The third-order valence-corrected chi connectivity index (χ3v) is 3.51. The fourth-order valence-corrected chi connectivity index (χ4v) is 2.37. The Kier molecular flexibility index (Phi) is 4.70. The van der Waals surface area contributed by atoms with Crippen molar-refractivity contribution in [3.05, 3.63) is 30.1 Å². The molecule has 1 aliphatic heterocycles. The van der Waals surface area contributed by atoms with Gasteiger partial charge in [0.25, 0.3) is 5.91 Å². The van der Waals surface area contributed by atoms with E-state index in [1.807, 2.05) is 4.90 Å². The summed E-state index contributed by atoms with van der Waals surface area (Å²) in [5.74, 6) is 0.853. The molecule has 4 heteroatoms. The van der Waals surface area contributed by atoms with Gasteiger partial charge in [-0.15, -0.1) is 0 Å². The quantitative estimate of drug-likeness (QED) is 0.878. The van der Waals surface area contributed by atoms with Crippen molar-refractivity contribution >= 4 is 5.91 Å². The molecular weight excluding hydrogens is 226 g/mol. The second-order valence-corrected chi connectivity index (χ2v) is 4.78. The molecule has 98 valence electrons. The van der Waals surface area contributed by atoms with E-state index < -0.39 is 0 Å². The molecule has 2 heterocycles. The highest BCUT2D eigenvalue weighted by Gasteiger charge is 2.23. The first-order chi connectivity index (χ1) is 8.81. The zero-order valence-corrected chi connectivity index (χ0v) is 10.9. The molecule has 0 radical (unpaired) electrons. The zero-order valence-electron chi connectivity index (χ0n) is 10.9. The van der Waals surface area contributed by atoms with Crippen molar-refractivity contribution in [2.24, 2.45) is 5.92 Å². The third kappa shape index (κ3) is 3.29. The topological polar surface area (TPSA) is 45.2 Å². The summed E-state index contributed by atoms with van der Waals surface area (Å²) in [4.78, 5) is 18.1. The molecule has 0 bridgehead atoms. The number of hydrogen-bond donors (Lipinski definition) is 1. The normalized spacial score (nSPS) is 16.8. The van der Waals surface area contributed by atoms with E-state index in [0.717, 1.165) is 44.6 Å². The number of rotatable bonds is 4. The van der Waals surface area contributed by atoms with Crippen LogP contribution in [0.4, 0.5) is 0 Å². The lowest BCUT2D eigenvalue weighted by molar-refractivity contribution is 0.0690. The number of piperidine rings is 1. The predicted molar refractivity (Wildman–Crippen MR) is 71.4 cm³/mol. The van der Waals surface area contributed by atoms with Crippen molar-refractivity contribution in [1.29, 1.82) is 0 Å². The minimum atomic E-state index is 0.138. The maximum Gasteiger partial charge on any atom is 0.253 e. The first-order valence-corrected chi connectivity index (χ1v) is 6.71. The third-order valence-electron chi connectivity index (χ3n) is 3.51. The van der Waals surface area contributed by atoms with Crippen LogP contribution >= 0.6 is 0 Å². The van der Waals surface area contributed by atoms with E-state index in [2.05, 4.69) is 17.2 Å². The number of nitrogens with zero attached hydrogens (tertiary/aromatic N) is 2. The minimum Gasteiger partial charge on any atom is -0.339 e. The van der Waals surface area contributed by atoms with Gasteiger partial charge in [0.2, 0.25) is 0 Å². The van der Waals surface area contributed by atoms with Gasteiger partial charge in [0, 0.05) is 31.0 Å². The smallest absolute Gasteiger partial charge is 0.253 e. The Morgan fingerprint density at radius 2 is 2.06 bits per heavy atom. The number of carbonyl (C=O) groups is 1. The molecule has 1 fully saturated rings. The van der Waals surface area contributed by atoms with Crippen LogP contribution in [0.5, 0.6) is 0 Å². The molecule has 0 saturated carbocycles. The van der Waals surface area contributed by atoms with Gasteiger partial charge in [-0.1, -0.05) is 6.92 Å². The summed E-state index contributed by atoms with van der Waals surface area (Å²) in [7, 11) is 0. The van der Waals surface area contributed by atoms with Crippen molar-refractivity contribution in [2.45, 2.75) is 19.8 Å². The summed E-state index contributed by atoms with van der Waals surface area (Å²) in [6.07, 6.45) is 5.55. The van der Waals surface area contributed by atoms with Crippen LogP contribution in [0.15, 0.2) is 24.5 Å². The second kappa shape index (κ2) is 6.50. The van der Waals surface area contributed by atoms with Gasteiger partial charge >= 0.3 is 0 Å². The van der Waals surface area contributed by atoms with Crippen LogP contribution < -0.4 is 5.32 Å². The van der Waals surface area contributed by atoms with Gasteiger partial charge in [-0.05, 0) is 44.0 Å². The second-order valence-electron chi connectivity index (χ2n) is 4.78. The zero-order chi connectivity index (χ0) is 12.8. The number of hydrogen-bond acceptors (Lipinski definition) is 3. The Labute approximate surface area is 108 Å². The Balaban J connectivity index is 1.84. The highest BCUT2D eigenvalue weighted by molar-refractivity contribution is 5.94. The van der Waals surface area contributed by atoms with Crippen molar-refractivity contribution in [3.63, 3.8) is 0 Å². The van der Waals surface area contributed by atoms with E-state index in [0.29, 0.717) is 5.92 Å². The first kappa shape index (κ1) is 13.0. The van der Waals surface area contributed by atoms with Gasteiger partial charge in [-0.3, -0.25) is 9.78 Å². The molecule has 18 heavy (non-hydrogen) atoms. The Morgan fingerprint density at radius 3 is 2.67 bits per heavy atom. The van der Waals surface area contributed by atoms with Gasteiger partial charge in [0.15, 0.2) is 0 Å². The summed E-state index contributed by atoms with van der Waals surface area (Å²) >= 11 is 0. The molecule has 1 N–H and O–H groups in total. The molecule has 0 spiro atoms. The SMILES string of the molecule is CCNCC1CCN(C(=O)c2ccncc2)CC1. The summed E-state index contributed by atoms with van der Waals surface area (Å²) in [6, 6.07) is 3.57. The molecule has 1 amide bonds. The van der Waals surface area contributed by atoms with Crippen molar-refractivity contribution < 1.29 is 4.79 Å². The van der Waals surface area contributed by atoms with Crippen LogP contribution in [0.3, 0.4) is 0 Å². The number of carbonyl (C=O) groups excluding carboxylic acids is 1. The molecule has 1 aromatic heterocycles. The van der Waals surface area contributed by atoms with Crippen molar-refractivity contribution in [3.8, 4) is 0 Å². The first-order valence-electron chi connectivity index (χ1n) is 6.71. The Hall–Kier alpha value is -1.42. The average Bonchev–Trinajstić information content (AvgIpc) is 2.46. The molecule has 0 aliphatic carbocycles. The molecule has 2 rings (SSSR count). The van der Waals surface area contributed by atoms with Gasteiger partial charge in [0.1, 0.15) is 0 Å². The van der Waals surface area contributed by atoms with Crippen molar-refractivity contribution in [2.75, 3.05) is 26.2 Å². The van der Waals surface area contributed by atoms with Gasteiger partial charge in [0.05, 0.1) is 0 Å². The molecule has 0 unspecified atom stereocenters. The Bertz CT molecular complexity index is 372. The highest BCUT2D eigenvalue weighted by Crippen LogP contribution is 2.18. The van der Waals surface area contributed by atoms with Crippen LogP contribution in [0.1, 0.15) is 30.1 Å². The molecule has 0 atom stereocenters. The number of pyridine rings is 1. The van der Waals surface area contributed by atoms with Crippen molar-refractivity contribution in [1.82, 2.24) is 15.2 Å². The number of amides is 1. The van der Waals surface area contributed by atoms with Gasteiger partial charge < -0.3 is 10.2 Å². The molecule has 1 aliphatic rings. The lowest BCUT2D eigenvalue weighted by Crippen LogP contribution is -2.40. The minimum absolute atomic E-state index is 0.138. The van der Waals surface area contributed by atoms with Crippen LogP contribution in [-0.4, -0.2) is 42.0 Å². The van der Waals surface area contributed by atoms with Crippen LogP contribution in [0, 0.1) is 5.92 Å². The van der Waals surface area contributed by atoms with E-state index in [9.17, 15) is 4.79 Å². The number of nitrogens with one attached hydrogen (secondary N) is 1. The molecular formula is C14H21N3O. The van der Waals surface area contributed by atoms with E-state index in [-0.39, 0.29) is 5.91 Å².